The van der Waals surface area contributed by atoms with Gasteiger partial charge in [0.2, 0.25) is 0 Å². The Morgan fingerprint density at radius 1 is 1.17 bits per heavy atom. The third-order valence-corrected chi connectivity index (χ3v) is 4.45. The summed E-state index contributed by atoms with van der Waals surface area (Å²) in [4.78, 5) is 18.9. The van der Waals surface area contributed by atoms with Crippen LogP contribution < -0.4 is 10.6 Å². The molecule has 7 nitrogen and oxygen atoms in total. The molecule has 2 N–H and O–H groups in total. The Morgan fingerprint density at radius 3 is 2.48 bits per heavy atom. The minimum absolute atomic E-state index is 0.204. The van der Waals surface area contributed by atoms with E-state index in [1.807, 2.05) is 6.07 Å². The van der Waals surface area contributed by atoms with Gasteiger partial charge in [-0.2, -0.15) is 5.26 Å². The molecule has 2 rings (SSSR count). The van der Waals surface area contributed by atoms with Crippen LogP contribution in [0.5, 0.6) is 0 Å². The number of nitriles is 1. The molecule has 128 valence electrons. The van der Waals surface area contributed by atoms with E-state index in [2.05, 4.69) is 32.3 Å². The molecule has 2 aliphatic heterocycles. The average molecular weight is 320 g/mol. The first-order chi connectivity index (χ1) is 11.2. The van der Waals surface area contributed by atoms with Gasteiger partial charge in [-0.25, -0.2) is 0 Å². The Balaban J connectivity index is 1.74. The van der Waals surface area contributed by atoms with Gasteiger partial charge in [0, 0.05) is 71.6 Å². The topological polar surface area (TPSA) is 74.6 Å². The number of carbonyl (C=O) groups excluding carboxylic acids is 1. The van der Waals surface area contributed by atoms with Crippen LogP contribution in [0, 0.1) is 11.3 Å². The Morgan fingerprint density at radius 2 is 1.87 bits per heavy atom. The summed E-state index contributed by atoms with van der Waals surface area (Å²) in [6, 6.07) is 2.03. The van der Waals surface area contributed by atoms with Crippen LogP contribution in [0.1, 0.15) is 6.92 Å². The maximum atomic E-state index is 12.1. The largest absolute Gasteiger partial charge is 0.374 e. The summed E-state index contributed by atoms with van der Waals surface area (Å²) in [6.45, 7) is 12.3. The summed E-state index contributed by atoms with van der Waals surface area (Å²) in [6.07, 6.45) is 1.72. The van der Waals surface area contributed by atoms with Crippen molar-refractivity contribution in [1.82, 2.24) is 25.3 Å². The molecule has 7 heteroatoms. The second-order valence-corrected chi connectivity index (χ2v) is 5.97. The van der Waals surface area contributed by atoms with Gasteiger partial charge < -0.3 is 20.4 Å². The lowest BCUT2D eigenvalue weighted by atomic mass is 10.2. The number of piperazine rings is 2. The van der Waals surface area contributed by atoms with E-state index in [1.165, 1.54) is 0 Å². The molecule has 0 unspecified atom stereocenters. The highest BCUT2D eigenvalue weighted by molar-refractivity contribution is 5.97. The van der Waals surface area contributed by atoms with E-state index >= 15 is 0 Å². The minimum atomic E-state index is -0.263. The van der Waals surface area contributed by atoms with Crippen molar-refractivity contribution >= 4 is 5.91 Å². The van der Waals surface area contributed by atoms with E-state index in [-0.39, 0.29) is 11.5 Å². The highest BCUT2D eigenvalue weighted by Crippen LogP contribution is 2.04. The minimum Gasteiger partial charge on any atom is -0.374 e. The first-order valence-corrected chi connectivity index (χ1v) is 8.52. The molecule has 0 radical (unpaired) electrons. The molecule has 0 aromatic carbocycles. The van der Waals surface area contributed by atoms with Crippen LogP contribution in [-0.4, -0.2) is 92.6 Å². The standard InChI is InChI=1S/C16H28N6O/c1-2-20-9-11-22(12-10-20)14-15(13-17)16(23)19-5-8-21-6-3-18-4-7-21/h14,18H,2-12H2,1H3,(H,19,23)/b15-14-. The highest BCUT2D eigenvalue weighted by Gasteiger charge is 2.16. The summed E-state index contributed by atoms with van der Waals surface area (Å²) in [5.74, 6) is -0.263. The summed E-state index contributed by atoms with van der Waals surface area (Å²) in [5.41, 5.74) is 0.204. The zero-order chi connectivity index (χ0) is 16.5. The lowest BCUT2D eigenvalue weighted by Crippen LogP contribution is -2.46. The van der Waals surface area contributed by atoms with Crippen LogP contribution in [-0.2, 0) is 4.79 Å². The van der Waals surface area contributed by atoms with Gasteiger partial charge in [0.25, 0.3) is 5.91 Å². The highest BCUT2D eigenvalue weighted by atomic mass is 16.1. The summed E-state index contributed by atoms with van der Waals surface area (Å²) in [5, 5.41) is 15.4. The molecule has 23 heavy (non-hydrogen) atoms. The van der Waals surface area contributed by atoms with Crippen LogP contribution in [0.25, 0.3) is 0 Å². The fourth-order valence-corrected chi connectivity index (χ4v) is 2.89. The molecular formula is C16H28N6O. The second-order valence-electron chi connectivity index (χ2n) is 5.97. The van der Waals surface area contributed by atoms with Crippen molar-refractivity contribution in [3.8, 4) is 6.07 Å². The average Bonchev–Trinajstić information content (AvgIpc) is 2.61. The van der Waals surface area contributed by atoms with E-state index in [1.54, 1.807) is 6.20 Å². The third kappa shape index (κ3) is 5.82. The van der Waals surface area contributed by atoms with Gasteiger partial charge in [0.1, 0.15) is 11.6 Å². The van der Waals surface area contributed by atoms with E-state index in [4.69, 9.17) is 0 Å². The molecule has 2 saturated heterocycles. The zero-order valence-corrected chi connectivity index (χ0v) is 14.1. The van der Waals surface area contributed by atoms with Crippen LogP contribution in [0.3, 0.4) is 0 Å². The smallest absolute Gasteiger partial charge is 0.263 e. The molecule has 2 heterocycles. The molecule has 0 saturated carbocycles. The number of nitrogens with one attached hydrogen (secondary N) is 2. The molecule has 0 spiro atoms. The van der Waals surface area contributed by atoms with Crippen LogP contribution in [0.2, 0.25) is 0 Å². The van der Waals surface area contributed by atoms with Crippen molar-refractivity contribution in [3.05, 3.63) is 11.8 Å². The molecule has 0 aromatic rings. The zero-order valence-electron chi connectivity index (χ0n) is 14.1. The fraction of sp³-hybridized carbons (Fsp3) is 0.750. The van der Waals surface area contributed by atoms with Crippen molar-refractivity contribution in [1.29, 1.82) is 5.26 Å². The lowest BCUT2D eigenvalue weighted by molar-refractivity contribution is -0.117. The summed E-state index contributed by atoms with van der Waals surface area (Å²) >= 11 is 0. The molecule has 1 amide bonds. The normalized spacial score (nSPS) is 21.0. The van der Waals surface area contributed by atoms with Crippen molar-refractivity contribution in [2.24, 2.45) is 0 Å². The summed E-state index contributed by atoms with van der Waals surface area (Å²) in [7, 11) is 0. The molecule has 2 fully saturated rings. The van der Waals surface area contributed by atoms with Crippen molar-refractivity contribution in [2.45, 2.75) is 6.92 Å². The fourth-order valence-electron chi connectivity index (χ4n) is 2.89. The van der Waals surface area contributed by atoms with Gasteiger partial charge >= 0.3 is 0 Å². The maximum Gasteiger partial charge on any atom is 0.263 e. The molecular weight excluding hydrogens is 292 g/mol. The second kappa shape index (κ2) is 9.50. The maximum absolute atomic E-state index is 12.1. The molecule has 0 atom stereocenters. The van der Waals surface area contributed by atoms with E-state index in [0.717, 1.165) is 65.4 Å². The van der Waals surface area contributed by atoms with E-state index in [0.29, 0.717) is 6.54 Å². The predicted molar refractivity (Wildman–Crippen MR) is 89.7 cm³/mol. The van der Waals surface area contributed by atoms with E-state index < -0.39 is 0 Å². The number of nitrogens with zero attached hydrogens (tertiary/aromatic N) is 4. The first-order valence-electron chi connectivity index (χ1n) is 8.52. The van der Waals surface area contributed by atoms with Crippen molar-refractivity contribution in [2.75, 3.05) is 72.0 Å². The Hall–Kier alpha value is -1.62. The van der Waals surface area contributed by atoms with Crippen molar-refractivity contribution in [3.63, 3.8) is 0 Å². The van der Waals surface area contributed by atoms with Crippen LogP contribution in [0.15, 0.2) is 11.8 Å². The number of rotatable bonds is 6. The number of carbonyl (C=O) groups is 1. The lowest BCUT2D eigenvalue weighted by Gasteiger charge is -2.33. The quantitative estimate of drug-likeness (QED) is 0.486. The molecule has 0 aliphatic carbocycles. The van der Waals surface area contributed by atoms with Gasteiger partial charge in [-0.1, -0.05) is 6.92 Å². The number of hydrogen-bond donors (Lipinski definition) is 2. The Bertz CT molecular complexity index is 444. The van der Waals surface area contributed by atoms with Crippen molar-refractivity contribution < 1.29 is 4.79 Å². The van der Waals surface area contributed by atoms with Gasteiger partial charge in [-0.15, -0.1) is 0 Å². The van der Waals surface area contributed by atoms with Gasteiger partial charge in [-0.05, 0) is 6.54 Å². The summed E-state index contributed by atoms with van der Waals surface area (Å²) < 4.78 is 0. The van der Waals surface area contributed by atoms with Gasteiger partial charge in [-0.3, -0.25) is 9.69 Å². The molecule has 2 aliphatic rings. The Labute approximate surface area is 138 Å². The monoisotopic (exact) mass is 320 g/mol. The molecule has 0 aromatic heterocycles. The van der Waals surface area contributed by atoms with Gasteiger partial charge in [0.15, 0.2) is 0 Å². The SMILES string of the molecule is CCN1CCN(/C=C(/C#N)C(=O)NCCN2CCNCC2)CC1. The third-order valence-electron chi connectivity index (χ3n) is 4.45. The Kier molecular flexibility index (Phi) is 7.33. The number of amides is 1. The first kappa shape index (κ1) is 17.7. The number of likely N-dealkylation sites (N-methyl/N-ethyl adjacent to an activating group) is 1. The number of hydrogen-bond acceptors (Lipinski definition) is 6. The molecule has 0 bridgehead atoms. The van der Waals surface area contributed by atoms with Gasteiger partial charge in [0.05, 0.1) is 0 Å². The van der Waals surface area contributed by atoms with Crippen LogP contribution >= 0.6 is 0 Å². The van der Waals surface area contributed by atoms with E-state index in [9.17, 15) is 10.1 Å². The predicted octanol–water partition coefficient (Wildman–Crippen LogP) is -0.947. The van der Waals surface area contributed by atoms with Crippen LogP contribution in [0.4, 0.5) is 0 Å².